The van der Waals surface area contributed by atoms with E-state index < -0.39 is 59.5 Å². The number of anilines is 1. The van der Waals surface area contributed by atoms with E-state index in [1.54, 1.807) is 34.6 Å². The normalized spacial score (nSPS) is 16.4. The van der Waals surface area contributed by atoms with E-state index in [0.29, 0.717) is 0 Å². The molecule has 0 unspecified atom stereocenters. The number of halogens is 3. The van der Waals surface area contributed by atoms with Gasteiger partial charge in [-0.15, -0.1) is 0 Å². The minimum Gasteiger partial charge on any atom is -0.444 e. The molecule has 1 aliphatic rings. The Morgan fingerprint density at radius 2 is 1.87 bits per heavy atom. The van der Waals surface area contributed by atoms with E-state index in [1.165, 1.54) is 4.57 Å². The number of rotatable bonds is 4. The molecular formula is C21H26F3N3O4. The number of alkyl halides is 2. The van der Waals surface area contributed by atoms with Crippen molar-refractivity contribution in [3.8, 4) is 0 Å². The number of nitrogens with one attached hydrogen (secondary N) is 1. The minimum absolute atomic E-state index is 0.00755. The quantitative estimate of drug-likeness (QED) is 0.768. The number of amides is 1. The summed E-state index contributed by atoms with van der Waals surface area (Å²) in [5.41, 5.74) is -2.44. The van der Waals surface area contributed by atoms with E-state index in [0.717, 1.165) is 16.7 Å². The van der Waals surface area contributed by atoms with Crippen LogP contribution in [0.5, 0.6) is 0 Å². The number of nitrogens with zero attached hydrogens (tertiary/aromatic N) is 2. The van der Waals surface area contributed by atoms with Gasteiger partial charge in [-0.1, -0.05) is 0 Å². The van der Waals surface area contributed by atoms with Gasteiger partial charge in [-0.2, -0.15) is 0 Å². The molecule has 1 amide bonds. The molecule has 7 nitrogen and oxygen atoms in total. The van der Waals surface area contributed by atoms with Crippen LogP contribution < -0.4 is 16.6 Å². The number of benzene rings is 1. The largest absolute Gasteiger partial charge is 0.444 e. The van der Waals surface area contributed by atoms with E-state index in [-0.39, 0.29) is 23.1 Å². The van der Waals surface area contributed by atoms with E-state index in [9.17, 15) is 27.6 Å². The number of aromatic nitrogens is 2. The lowest BCUT2D eigenvalue weighted by atomic mass is 9.81. The number of carbonyl (C=O) groups is 1. The maximum absolute atomic E-state index is 14.7. The Morgan fingerprint density at radius 1 is 1.26 bits per heavy atom. The summed E-state index contributed by atoms with van der Waals surface area (Å²) in [7, 11) is 0. The summed E-state index contributed by atoms with van der Waals surface area (Å²) in [6, 6.07) is 1.72. The smallest absolute Gasteiger partial charge is 0.412 e. The monoisotopic (exact) mass is 441 g/mol. The molecular weight excluding hydrogens is 415 g/mol. The van der Waals surface area contributed by atoms with E-state index >= 15 is 0 Å². The highest BCUT2D eigenvalue weighted by Crippen LogP contribution is 2.42. The molecule has 1 heterocycles. The highest BCUT2D eigenvalue weighted by atomic mass is 19.3. The van der Waals surface area contributed by atoms with Crippen molar-refractivity contribution in [1.82, 2.24) is 9.13 Å². The second kappa shape index (κ2) is 7.72. The van der Waals surface area contributed by atoms with Crippen molar-refractivity contribution in [1.29, 1.82) is 0 Å². The van der Waals surface area contributed by atoms with Crippen molar-refractivity contribution in [2.24, 2.45) is 5.92 Å². The van der Waals surface area contributed by atoms with Crippen LogP contribution in [0.1, 0.15) is 53.5 Å². The first-order valence-electron chi connectivity index (χ1n) is 10.0. The van der Waals surface area contributed by atoms with Crippen LogP contribution in [0.2, 0.25) is 0 Å². The van der Waals surface area contributed by atoms with Gasteiger partial charge in [-0.25, -0.2) is 22.8 Å². The zero-order chi connectivity index (χ0) is 23.3. The maximum Gasteiger partial charge on any atom is 0.412 e. The molecule has 1 aromatic heterocycles. The van der Waals surface area contributed by atoms with Gasteiger partial charge in [-0.3, -0.25) is 19.2 Å². The Kier molecular flexibility index (Phi) is 5.70. The van der Waals surface area contributed by atoms with Gasteiger partial charge in [-0.05, 0) is 46.6 Å². The molecule has 1 aromatic carbocycles. The highest BCUT2D eigenvalue weighted by molar-refractivity contribution is 5.90. The second-order valence-corrected chi connectivity index (χ2v) is 9.27. The predicted molar refractivity (Wildman–Crippen MR) is 110 cm³/mol. The third-order valence-corrected chi connectivity index (χ3v) is 5.02. The number of hydrogen-bond acceptors (Lipinski definition) is 4. The summed E-state index contributed by atoms with van der Waals surface area (Å²) >= 11 is 0. The average Bonchev–Trinajstić information content (AvgIpc) is 2.56. The summed E-state index contributed by atoms with van der Waals surface area (Å²) in [4.78, 5) is 38.0. The fourth-order valence-electron chi connectivity index (χ4n) is 3.74. The van der Waals surface area contributed by atoms with E-state index in [1.807, 2.05) is 0 Å². The molecule has 0 aliphatic heterocycles. The van der Waals surface area contributed by atoms with Gasteiger partial charge < -0.3 is 4.74 Å². The summed E-state index contributed by atoms with van der Waals surface area (Å²) < 4.78 is 48.4. The molecule has 2 aromatic rings. The Hall–Kier alpha value is -2.78. The molecule has 3 rings (SSSR count). The molecule has 0 saturated heterocycles. The number of carbonyl (C=O) groups excluding carboxylic acids is 1. The van der Waals surface area contributed by atoms with Gasteiger partial charge in [0.2, 0.25) is 5.92 Å². The SMILES string of the molecule is CC(C)n1c(=O)n(CC2CC(F)(F)C2)c(=O)c2cc(NC(=O)OC(C)(C)C)c(F)cc21. The van der Waals surface area contributed by atoms with Gasteiger partial charge in [0, 0.05) is 31.5 Å². The first kappa shape index (κ1) is 22.9. The van der Waals surface area contributed by atoms with Crippen LogP contribution in [0, 0.1) is 11.7 Å². The zero-order valence-electron chi connectivity index (χ0n) is 18.1. The lowest BCUT2D eigenvalue weighted by Crippen LogP contribution is -2.46. The van der Waals surface area contributed by atoms with Gasteiger partial charge in [0.25, 0.3) is 5.56 Å². The topological polar surface area (TPSA) is 82.3 Å². The second-order valence-electron chi connectivity index (χ2n) is 9.27. The molecule has 0 atom stereocenters. The van der Waals surface area contributed by atoms with Crippen LogP contribution in [0.3, 0.4) is 0 Å². The average molecular weight is 441 g/mol. The lowest BCUT2D eigenvalue weighted by molar-refractivity contribution is -0.114. The van der Waals surface area contributed by atoms with Crippen LogP contribution in [0.4, 0.5) is 23.7 Å². The Morgan fingerprint density at radius 3 is 2.39 bits per heavy atom. The maximum atomic E-state index is 14.7. The van der Waals surface area contributed by atoms with Crippen LogP contribution in [-0.2, 0) is 11.3 Å². The molecule has 170 valence electrons. The summed E-state index contributed by atoms with van der Waals surface area (Å²) in [6.07, 6.45) is -1.69. The Labute approximate surface area is 176 Å². The van der Waals surface area contributed by atoms with Crippen LogP contribution in [0.15, 0.2) is 21.7 Å². The predicted octanol–water partition coefficient (Wildman–Crippen LogP) is 4.28. The summed E-state index contributed by atoms with van der Waals surface area (Å²) in [5, 5.41) is 2.26. The molecule has 1 fully saturated rings. The van der Waals surface area contributed by atoms with Crippen molar-refractivity contribution in [3.63, 3.8) is 0 Å². The van der Waals surface area contributed by atoms with Crippen LogP contribution in [0.25, 0.3) is 10.9 Å². The minimum atomic E-state index is -2.78. The molecule has 31 heavy (non-hydrogen) atoms. The van der Waals surface area contributed by atoms with Gasteiger partial charge in [0.1, 0.15) is 11.4 Å². The number of ether oxygens (including phenoxy) is 1. The molecule has 0 bridgehead atoms. The number of fused-ring (bicyclic) bond motifs is 1. The molecule has 1 N–H and O–H groups in total. The van der Waals surface area contributed by atoms with Crippen molar-refractivity contribution >= 4 is 22.7 Å². The number of hydrogen-bond donors (Lipinski definition) is 1. The Balaban J connectivity index is 2.10. The first-order chi connectivity index (χ1) is 14.2. The third-order valence-electron chi connectivity index (χ3n) is 5.02. The molecule has 0 radical (unpaired) electrons. The van der Waals surface area contributed by atoms with E-state index in [4.69, 9.17) is 4.74 Å². The summed E-state index contributed by atoms with van der Waals surface area (Å²) in [6.45, 7) is 8.17. The zero-order valence-corrected chi connectivity index (χ0v) is 18.1. The fourth-order valence-corrected chi connectivity index (χ4v) is 3.74. The molecule has 10 heteroatoms. The molecule has 0 spiro atoms. The van der Waals surface area contributed by atoms with Crippen molar-refractivity contribution < 1.29 is 22.7 Å². The van der Waals surface area contributed by atoms with Gasteiger partial charge >= 0.3 is 11.8 Å². The van der Waals surface area contributed by atoms with Gasteiger partial charge in [0.15, 0.2) is 0 Å². The van der Waals surface area contributed by atoms with Crippen molar-refractivity contribution in [2.45, 2.75) is 71.6 Å². The van der Waals surface area contributed by atoms with Gasteiger partial charge in [0.05, 0.1) is 16.6 Å². The third kappa shape index (κ3) is 4.77. The van der Waals surface area contributed by atoms with Crippen molar-refractivity contribution in [3.05, 3.63) is 38.8 Å². The Bertz CT molecular complexity index is 1140. The highest BCUT2D eigenvalue weighted by Gasteiger charge is 2.45. The fraction of sp³-hybridized carbons (Fsp3) is 0.571. The van der Waals surface area contributed by atoms with Crippen LogP contribution >= 0.6 is 0 Å². The molecule has 1 aliphatic carbocycles. The molecule has 1 saturated carbocycles. The lowest BCUT2D eigenvalue weighted by Gasteiger charge is -2.35. The first-order valence-corrected chi connectivity index (χ1v) is 10.0. The van der Waals surface area contributed by atoms with Crippen LogP contribution in [-0.4, -0.2) is 26.8 Å². The van der Waals surface area contributed by atoms with E-state index in [2.05, 4.69) is 5.32 Å². The summed E-state index contributed by atoms with van der Waals surface area (Å²) in [5.74, 6) is -4.13. The van der Waals surface area contributed by atoms with Crippen molar-refractivity contribution in [2.75, 3.05) is 5.32 Å². The standard InChI is InChI=1S/C21H26F3N3O4/c1-11(2)27-16-7-14(22)15(25-18(29)31-20(3,4)5)6-13(16)17(28)26(19(27)30)10-12-8-21(23,24)9-12/h6-7,11-12H,8-10H2,1-5H3,(H,25,29).